The number of aliphatic carboxylic acids is 1. The maximum absolute atomic E-state index is 11.2. The van der Waals surface area contributed by atoms with Crippen molar-refractivity contribution >= 4 is 151 Å². The summed E-state index contributed by atoms with van der Waals surface area (Å²) in [7, 11) is 0.968. The monoisotopic (exact) mass is 1850 g/mol. The van der Waals surface area contributed by atoms with Crippen molar-refractivity contribution in [3.63, 3.8) is 0 Å². The molecule has 19 rings (SSSR count). The number of carboxylic acids is 1. The number of rotatable bonds is 12. The van der Waals surface area contributed by atoms with Gasteiger partial charge in [-0.2, -0.15) is 20.8 Å². The van der Waals surface area contributed by atoms with E-state index in [1.165, 1.54) is 194 Å². The number of aliphatic hydroxyl groups is 1. The average Bonchev–Trinajstić information content (AvgIpc) is 1.64. The van der Waals surface area contributed by atoms with Gasteiger partial charge in [0.1, 0.15) is 18.3 Å². The fourth-order valence-corrected chi connectivity index (χ4v) is 25.7. The Morgan fingerprint density at radius 1 is 0.565 bits per heavy atom. The molecule has 1 fully saturated rings. The van der Waals surface area contributed by atoms with Gasteiger partial charge in [-0.1, -0.05) is 13.5 Å². The van der Waals surface area contributed by atoms with Crippen LogP contribution in [0.2, 0.25) is 0 Å². The summed E-state index contributed by atoms with van der Waals surface area (Å²) in [4.78, 5) is 47.0. The molecule has 0 radical (unpaired) electrons. The number of fused-ring (bicyclic) bond motifs is 13. The van der Waals surface area contributed by atoms with E-state index in [1.54, 1.807) is 102 Å². The molecule has 0 saturated carbocycles. The first-order chi connectivity index (χ1) is 54.1. The van der Waals surface area contributed by atoms with Crippen LogP contribution in [0, 0.1) is 5.92 Å². The number of halogens is 3. The smallest absolute Gasteiger partial charge is 0.565 e. The van der Waals surface area contributed by atoms with Gasteiger partial charge in [-0.25, -0.2) is 5.26 Å². The normalized spacial score (nSPS) is 18.2. The SMILES string of the molecule is Brc1csc2c1CCCC2.C.C1CO1.CNCC1OCCc2c1sc1c2CCCC1.CNCC1OCCc2c1sc1c2CCCC1.C[C-](C)C.Cl.Cl.NCC1OCCc2c1sc1c2CCCC1.O=C(O)CCCc1cccs1.O=C1CCCc2sccc21.O=[P+]([O-])OO.OCCc1csc2c1CCCC2.[HH].[Li+].c1cc2c(s1)CCCC2. The van der Waals surface area contributed by atoms with E-state index in [1.807, 2.05) is 111 Å². The number of nitrogens with one attached hydrogen (secondary N) is 2. The fourth-order valence-electron chi connectivity index (χ4n) is 15.5. The van der Waals surface area contributed by atoms with Crippen molar-refractivity contribution < 1.29 is 78.4 Å². The number of likely N-dealkylation sites (N-methyl/N-ethyl adjacent to an activating group) is 2. The number of hydrogen-bond donors (Lipinski definition) is 6. The van der Waals surface area contributed by atoms with E-state index in [4.69, 9.17) is 44.9 Å². The molecule has 8 aromatic heterocycles. The second-order valence-corrected chi connectivity index (χ2v) is 39.6. The molecule has 8 aromatic rings. The Labute approximate surface area is 753 Å². The number of epoxide rings is 1. The van der Waals surface area contributed by atoms with E-state index in [9.17, 15) is 9.59 Å². The zero-order chi connectivity index (χ0) is 78.7. The molecule has 15 nitrogen and oxygen atoms in total. The first-order valence-corrected chi connectivity index (χ1v) is 49.2. The van der Waals surface area contributed by atoms with Crippen molar-refractivity contribution in [1.29, 1.82) is 0 Å². The standard InChI is InChI=1S/2C13H19NOS.C12H17NOS.C10H14OS.C8H9BrS.C8H10O2S.C8H8OS.C8H10S.C4H9.C2H4O.CH4.2ClH.Li.HO4P.H2/c2*1-14-8-11-13-10(6-7-15-11)9-4-2-3-5-12(9)16-13;13-7-10-12-9(5-6-14-10)8-3-1-2-4-11(8)15-12;11-6-5-8-7-12-10-4-2-1-3-9(8)10;9-7-5-10-8-4-2-1-3-6(7)8;9-8(10)5-1-3-7-4-2-6-11-7;9-7-2-1-3-8-6(7)4-5-10-8;1-2-4-8-7(3-1)5-6-9-8;1-4(2)3;1-2-3-1;;;;;1-4-5(2)3;/h2*11,14H,2-8H2,1H3;10H,1-7,13H2;7,11H,1-6H2;5H,1-4H2;2,4,6H,1,3,5H2,(H,9,10);4-5H,1-3H2;5-6H,1-4H2;1-3H3;1-2H2;1H4;2*1H;;1H;1H/q;;;;;;;;-1;;;;;+1;;. The second-order valence-electron chi connectivity index (χ2n) is 29.7. The molecular weight excluding hydrogens is 1720 g/mol. The maximum Gasteiger partial charge on any atom is 1.00 e. The number of ether oxygens (including phenoxy) is 4. The van der Waals surface area contributed by atoms with Gasteiger partial charge in [-0.05, 0) is 335 Å². The van der Waals surface area contributed by atoms with Crippen molar-refractivity contribution in [3.8, 4) is 0 Å². The van der Waals surface area contributed by atoms with Crippen molar-refractivity contribution in [2.45, 2.75) is 265 Å². The van der Waals surface area contributed by atoms with Crippen LogP contribution < -0.4 is 40.1 Å². The van der Waals surface area contributed by atoms with Crippen LogP contribution in [0.25, 0.3) is 0 Å². The number of ketones is 1. The molecule has 7 aliphatic carbocycles. The number of aryl methyl sites for hydroxylation is 9. The minimum atomic E-state index is -3.04. The molecule has 638 valence electrons. The molecule has 7 N–H and O–H groups in total. The predicted molar refractivity (Wildman–Crippen MR) is 491 cm³/mol. The summed E-state index contributed by atoms with van der Waals surface area (Å²) in [5, 5.41) is 41.4. The van der Waals surface area contributed by atoms with Gasteiger partial charge in [0, 0.05) is 114 Å². The van der Waals surface area contributed by atoms with E-state index in [2.05, 4.69) is 79.0 Å². The fraction of sp³-hybridized carbons (Fsp3) is 0.598. The molecule has 0 bridgehead atoms. The van der Waals surface area contributed by atoms with Crippen LogP contribution in [0.4, 0.5) is 0 Å². The zero-order valence-corrected chi connectivity index (χ0v) is 78.5. The molecule has 11 aliphatic rings. The number of nitrogens with two attached hydrogens (primary N) is 1. The van der Waals surface area contributed by atoms with E-state index in [0.717, 1.165) is 109 Å². The van der Waals surface area contributed by atoms with Crippen LogP contribution in [0.3, 0.4) is 0 Å². The van der Waals surface area contributed by atoms with Crippen molar-refractivity contribution in [2.75, 3.05) is 73.4 Å². The van der Waals surface area contributed by atoms with Crippen molar-refractivity contribution in [2.24, 2.45) is 5.73 Å². The van der Waals surface area contributed by atoms with Gasteiger partial charge in [0.2, 0.25) is 0 Å². The Bertz CT molecular complexity index is 3970. The molecule has 115 heavy (non-hydrogen) atoms. The molecule has 28 heteroatoms. The molecular formula is C87H128BrCl2LiN3O12PS8. The first kappa shape index (κ1) is 104. The Hall–Kier alpha value is -1.94. The molecule has 4 aliphatic heterocycles. The third-order valence-corrected chi connectivity index (χ3v) is 31.4. The van der Waals surface area contributed by atoms with Crippen LogP contribution >= 0.6 is 140 Å². The number of carbonyl (C=O) groups excluding carboxylic acids is 1. The number of thiophene rings is 8. The van der Waals surface area contributed by atoms with E-state index >= 15 is 0 Å². The summed E-state index contributed by atoms with van der Waals surface area (Å²) in [5.74, 6) is 1.05. The summed E-state index contributed by atoms with van der Waals surface area (Å²) < 4.78 is 34.9. The van der Waals surface area contributed by atoms with Crippen LogP contribution in [0.1, 0.15) is 270 Å². The zero-order valence-electron chi connectivity index (χ0n) is 67.8. The minimum absolute atomic E-state index is 0. The average molecular weight is 1850 g/mol. The van der Waals surface area contributed by atoms with Gasteiger partial charge in [-0.3, -0.25) is 9.59 Å². The topological polar surface area (TPSA) is 234 Å². The predicted octanol–water partition coefficient (Wildman–Crippen LogP) is 19.6. The Morgan fingerprint density at radius 2 is 0.991 bits per heavy atom. The number of hydrogen-bond acceptors (Lipinski definition) is 22. The van der Waals surface area contributed by atoms with Gasteiger partial charge >= 0.3 is 33.1 Å². The number of carboxylic acid groups (broad SMARTS) is 1. The summed E-state index contributed by atoms with van der Waals surface area (Å²) in [6.07, 6.45) is 42.0. The van der Waals surface area contributed by atoms with Gasteiger partial charge in [0.25, 0.3) is 0 Å². The number of carbonyl (C=O) groups is 2. The summed E-state index contributed by atoms with van der Waals surface area (Å²) in [6, 6.07) is 8.24. The molecule has 0 amide bonds. The molecule has 0 spiro atoms. The van der Waals surface area contributed by atoms with E-state index in [0.29, 0.717) is 31.1 Å². The van der Waals surface area contributed by atoms with E-state index < -0.39 is 14.2 Å². The van der Waals surface area contributed by atoms with E-state index in [-0.39, 0.29) is 65.1 Å². The molecule has 4 unspecified atom stereocenters. The second kappa shape index (κ2) is 57.5. The Morgan fingerprint density at radius 3 is 1.43 bits per heavy atom. The van der Waals surface area contributed by atoms with Crippen LogP contribution in [0.5, 0.6) is 0 Å². The van der Waals surface area contributed by atoms with Gasteiger partial charge in [-0.15, -0.1) is 116 Å². The van der Waals surface area contributed by atoms with Crippen molar-refractivity contribution in [1.82, 2.24) is 10.6 Å². The third-order valence-electron chi connectivity index (χ3n) is 20.8. The summed E-state index contributed by atoms with van der Waals surface area (Å²) >= 11 is 18.7. The largest absolute Gasteiger partial charge is 1.00 e. The van der Waals surface area contributed by atoms with Crippen LogP contribution in [-0.2, 0) is 149 Å². The summed E-state index contributed by atoms with van der Waals surface area (Å²) in [6.45, 7) is 13.7. The molecule has 12 heterocycles. The summed E-state index contributed by atoms with van der Waals surface area (Å²) in [5.41, 5.74) is 22.8. The van der Waals surface area contributed by atoms with Gasteiger partial charge in [0.15, 0.2) is 5.78 Å². The van der Waals surface area contributed by atoms with Gasteiger partial charge < -0.3 is 56.3 Å². The Kier molecular flexibility index (Phi) is 51.8. The number of aliphatic hydroxyl groups excluding tert-OH is 1. The molecule has 0 aromatic carbocycles. The minimum Gasteiger partial charge on any atom is -0.565 e. The molecule has 1 saturated heterocycles. The number of Topliss-reactive ketones (excluding diaryl/α,β-unsaturated/α-hetero) is 1. The maximum atomic E-state index is 11.2. The van der Waals surface area contributed by atoms with Crippen LogP contribution in [-0.4, -0.2) is 101 Å². The van der Waals surface area contributed by atoms with Gasteiger partial charge in [0.05, 0.1) is 33.0 Å². The quantitative estimate of drug-likeness (QED) is 0.0167. The Balaban J connectivity index is 0.000000273. The molecule has 4 atom stereocenters. The third kappa shape index (κ3) is 33.6. The van der Waals surface area contributed by atoms with Crippen molar-refractivity contribution in [3.05, 3.63) is 176 Å². The van der Waals surface area contributed by atoms with Crippen LogP contribution in [0.15, 0.2) is 55.6 Å². The first-order valence-electron chi connectivity index (χ1n) is 40.5.